The molecule has 0 saturated carbocycles. The van der Waals surface area contributed by atoms with Crippen molar-refractivity contribution in [3.05, 3.63) is 39.6 Å². The fraction of sp³-hybridized carbons (Fsp3) is 0.250. The first-order chi connectivity index (χ1) is 9.56. The van der Waals surface area contributed by atoms with E-state index in [1.165, 1.54) is 11.8 Å². The number of aryl methyl sites for hydroxylation is 1. The van der Waals surface area contributed by atoms with Gasteiger partial charge in [0.05, 0.1) is 5.75 Å². The van der Waals surface area contributed by atoms with Crippen molar-refractivity contribution in [1.29, 1.82) is 0 Å². The number of hydrogen-bond acceptors (Lipinski definition) is 5. The summed E-state index contributed by atoms with van der Waals surface area (Å²) in [4.78, 5) is 15.5. The molecule has 0 fully saturated rings. The molecular weight excluding hydrogens is 321 g/mol. The Labute approximate surface area is 130 Å². The first-order valence-corrected chi connectivity index (χ1v) is 7.58. The number of anilines is 1. The highest BCUT2D eigenvalue weighted by atomic mass is 35.5. The van der Waals surface area contributed by atoms with E-state index >= 15 is 0 Å². The summed E-state index contributed by atoms with van der Waals surface area (Å²) in [6, 6.07) is 5.42. The minimum Gasteiger partial charge on any atom is -0.315 e. The molecule has 2 aromatic rings. The number of nitrogens with one attached hydrogen (secondary N) is 1. The Balaban J connectivity index is 1.82. The van der Waals surface area contributed by atoms with Gasteiger partial charge >= 0.3 is 6.01 Å². The largest absolute Gasteiger partial charge is 0.328 e. The van der Waals surface area contributed by atoms with Crippen LogP contribution >= 0.6 is 35.0 Å². The van der Waals surface area contributed by atoms with Crippen LogP contribution in [-0.2, 0) is 10.5 Å². The van der Waals surface area contributed by atoms with Gasteiger partial charge in [0.2, 0.25) is 5.91 Å². The number of nitrogens with zero attached hydrogens (tertiary/aromatic N) is 2. The van der Waals surface area contributed by atoms with Crippen LogP contribution in [0.2, 0.25) is 10.0 Å². The van der Waals surface area contributed by atoms with Gasteiger partial charge in [-0.3, -0.25) is 10.1 Å². The molecule has 1 N–H and O–H groups in total. The number of amides is 1. The number of aromatic nitrogens is 2. The third-order valence-corrected chi connectivity index (χ3v) is 3.98. The van der Waals surface area contributed by atoms with Crippen molar-refractivity contribution in [1.82, 2.24) is 10.1 Å². The van der Waals surface area contributed by atoms with Crippen LogP contribution in [0.5, 0.6) is 0 Å². The van der Waals surface area contributed by atoms with Crippen LogP contribution in [0, 0.1) is 6.92 Å². The lowest BCUT2D eigenvalue weighted by atomic mass is 10.2. The van der Waals surface area contributed by atoms with E-state index in [-0.39, 0.29) is 17.7 Å². The standard InChI is InChI=1S/C12H11Cl2N3O2S/c1-7-15-12(19-17-7)16-11(18)6-20-5-8-9(13)3-2-4-10(8)14/h2-4H,5-6H2,1H3,(H,15,16,17,18). The van der Waals surface area contributed by atoms with E-state index in [0.717, 1.165) is 5.56 Å². The molecule has 0 atom stereocenters. The molecule has 0 aliphatic heterocycles. The second-order valence-electron chi connectivity index (χ2n) is 3.89. The molecule has 0 radical (unpaired) electrons. The number of halogens is 2. The van der Waals surface area contributed by atoms with E-state index in [0.29, 0.717) is 21.6 Å². The summed E-state index contributed by atoms with van der Waals surface area (Å²) in [7, 11) is 0. The molecule has 5 nitrogen and oxygen atoms in total. The fourth-order valence-corrected chi connectivity index (χ4v) is 2.98. The summed E-state index contributed by atoms with van der Waals surface area (Å²) in [6.45, 7) is 1.67. The zero-order chi connectivity index (χ0) is 14.5. The van der Waals surface area contributed by atoms with Gasteiger partial charge in [0, 0.05) is 15.8 Å². The molecule has 2 rings (SSSR count). The number of rotatable bonds is 5. The highest BCUT2D eigenvalue weighted by Gasteiger charge is 2.10. The lowest BCUT2D eigenvalue weighted by Crippen LogP contribution is -2.14. The van der Waals surface area contributed by atoms with Crippen LogP contribution in [0.15, 0.2) is 22.7 Å². The van der Waals surface area contributed by atoms with Gasteiger partial charge in [0.25, 0.3) is 0 Å². The predicted molar refractivity (Wildman–Crippen MR) is 80.3 cm³/mol. The van der Waals surface area contributed by atoms with Crippen molar-refractivity contribution in [2.45, 2.75) is 12.7 Å². The molecule has 1 amide bonds. The van der Waals surface area contributed by atoms with Crippen molar-refractivity contribution >= 4 is 46.9 Å². The van der Waals surface area contributed by atoms with Gasteiger partial charge in [0.15, 0.2) is 5.82 Å². The lowest BCUT2D eigenvalue weighted by Gasteiger charge is -2.06. The monoisotopic (exact) mass is 331 g/mol. The SMILES string of the molecule is Cc1noc(NC(=O)CSCc2c(Cl)cccc2Cl)n1. The molecule has 0 aliphatic carbocycles. The van der Waals surface area contributed by atoms with Gasteiger partial charge < -0.3 is 4.52 Å². The molecule has 0 bridgehead atoms. The van der Waals surface area contributed by atoms with E-state index in [2.05, 4.69) is 15.5 Å². The van der Waals surface area contributed by atoms with Gasteiger partial charge in [-0.1, -0.05) is 34.4 Å². The summed E-state index contributed by atoms with van der Waals surface area (Å²) in [5, 5.41) is 7.28. The minimum absolute atomic E-state index is 0.101. The van der Waals surface area contributed by atoms with Crippen molar-refractivity contribution in [2.75, 3.05) is 11.1 Å². The maximum absolute atomic E-state index is 11.7. The average molecular weight is 332 g/mol. The van der Waals surface area contributed by atoms with Crippen molar-refractivity contribution in [3.8, 4) is 0 Å². The van der Waals surface area contributed by atoms with Gasteiger partial charge in [-0.2, -0.15) is 4.98 Å². The van der Waals surface area contributed by atoms with Crippen LogP contribution in [-0.4, -0.2) is 21.8 Å². The molecule has 0 saturated heterocycles. The Morgan fingerprint density at radius 2 is 2.10 bits per heavy atom. The van der Waals surface area contributed by atoms with Crippen molar-refractivity contribution in [3.63, 3.8) is 0 Å². The summed E-state index contributed by atoms with van der Waals surface area (Å²) < 4.78 is 4.79. The molecule has 8 heteroatoms. The number of thioether (sulfide) groups is 1. The third-order valence-electron chi connectivity index (χ3n) is 2.32. The van der Waals surface area contributed by atoms with Crippen molar-refractivity contribution in [2.24, 2.45) is 0 Å². The summed E-state index contributed by atoms with van der Waals surface area (Å²) >= 11 is 13.5. The zero-order valence-electron chi connectivity index (χ0n) is 10.5. The number of benzene rings is 1. The van der Waals surface area contributed by atoms with Gasteiger partial charge in [0.1, 0.15) is 0 Å². The highest BCUT2D eigenvalue weighted by molar-refractivity contribution is 7.99. The number of carbonyl (C=O) groups is 1. The third kappa shape index (κ3) is 4.13. The Bertz CT molecular complexity index is 598. The minimum atomic E-state index is -0.221. The van der Waals surface area contributed by atoms with Gasteiger partial charge in [-0.15, -0.1) is 11.8 Å². The van der Waals surface area contributed by atoms with E-state index in [1.54, 1.807) is 25.1 Å². The molecule has 0 unspecified atom stereocenters. The first-order valence-electron chi connectivity index (χ1n) is 5.67. The maximum atomic E-state index is 11.7. The second-order valence-corrected chi connectivity index (χ2v) is 5.69. The lowest BCUT2D eigenvalue weighted by molar-refractivity contribution is -0.114. The number of carbonyl (C=O) groups excluding carboxylic acids is 1. The van der Waals surface area contributed by atoms with E-state index in [1.807, 2.05) is 0 Å². The highest BCUT2D eigenvalue weighted by Crippen LogP contribution is 2.28. The van der Waals surface area contributed by atoms with Crippen LogP contribution < -0.4 is 5.32 Å². The average Bonchev–Trinajstić information content (AvgIpc) is 2.78. The fourth-order valence-electron chi connectivity index (χ4n) is 1.42. The quantitative estimate of drug-likeness (QED) is 0.907. The number of hydrogen-bond donors (Lipinski definition) is 1. The maximum Gasteiger partial charge on any atom is 0.328 e. The van der Waals surface area contributed by atoms with Gasteiger partial charge in [-0.25, -0.2) is 0 Å². The first kappa shape index (κ1) is 15.2. The topological polar surface area (TPSA) is 68.0 Å². The molecule has 106 valence electrons. The van der Waals surface area contributed by atoms with Crippen LogP contribution in [0.25, 0.3) is 0 Å². The zero-order valence-corrected chi connectivity index (χ0v) is 12.8. The molecular formula is C12H11Cl2N3O2S. The summed E-state index contributed by atoms with van der Waals surface area (Å²) in [5.41, 5.74) is 0.822. The van der Waals surface area contributed by atoms with E-state index in [9.17, 15) is 4.79 Å². The van der Waals surface area contributed by atoms with E-state index in [4.69, 9.17) is 27.7 Å². The van der Waals surface area contributed by atoms with Crippen LogP contribution in [0.4, 0.5) is 6.01 Å². The predicted octanol–water partition coefficient (Wildman–Crippen LogP) is 3.56. The summed E-state index contributed by atoms with van der Waals surface area (Å²) in [6.07, 6.45) is 0. The molecule has 0 spiro atoms. The summed E-state index contributed by atoms with van der Waals surface area (Å²) in [5.74, 6) is 1.04. The van der Waals surface area contributed by atoms with Gasteiger partial charge in [-0.05, 0) is 24.6 Å². The Morgan fingerprint density at radius 3 is 2.70 bits per heavy atom. The van der Waals surface area contributed by atoms with E-state index < -0.39 is 0 Å². The molecule has 20 heavy (non-hydrogen) atoms. The van der Waals surface area contributed by atoms with Crippen molar-refractivity contribution < 1.29 is 9.32 Å². The Morgan fingerprint density at radius 1 is 1.40 bits per heavy atom. The molecule has 1 aromatic heterocycles. The molecule has 1 heterocycles. The second kappa shape index (κ2) is 6.97. The Kier molecular flexibility index (Phi) is 5.28. The Hall–Kier alpha value is -1.24. The normalized spacial score (nSPS) is 10.6. The molecule has 1 aromatic carbocycles. The van der Waals surface area contributed by atoms with Crippen LogP contribution in [0.3, 0.4) is 0 Å². The molecule has 0 aliphatic rings. The smallest absolute Gasteiger partial charge is 0.315 e. The van der Waals surface area contributed by atoms with Crippen LogP contribution in [0.1, 0.15) is 11.4 Å².